The molecule has 0 radical (unpaired) electrons. The molecule has 29 heavy (non-hydrogen) atoms. The number of amides is 1. The number of hydrogen-bond donors (Lipinski definition) is 0. The van der Waals surface area contributed by atoms with Crippen LogP contribution in [0.1, 0.15) is 88.9 Å². The van der Waals surface area contributed by atoms with Crippen LogP contribution in [0.3, 0.4) is 0 Å². The molecule has 1 amide bonds. The number of hydrogen-bond acceptors (Lipinski definition) is 1. The van der Waals surface area contributed by atoms with Crippen molar-refractivity contribution in [2.45, 2.75) is 102 Å². The summed E-state index contributed by atoms with van der Waals surface area (Å²) in [4.78, 5) is 16.1. The first-order valence-electron chi connectivity index (χ1n) is 12.1. The standard InChI is InChI=1S/C14H16NO.3C4H9.Sn/c1-2-7-13-10-6-11-15(13)14(16)12-8-4-3-5-9-12;3*1-3-4-2;/h2-5,8-9,11,13H,1,6-7,10H2;3*1,3-4H2,2H3;/t13-;;;;/m1..../s1. The molecule has 1 aliphatic rings. The van der Waals surface area contributed by atoms with Gasteiger partial charge in [0.05, 0.1) is 0 Å². The van der Waals surface area contributed by atoms with Crippen molar-refractivity contribution in [2.24, 2.45) is 0 Å². The molecule has 3 heteroatoms. The summed E-state index contributed by atoms with van der Waals surface area (Å²) < 4.78 is 4.98. The van der Waals surface area contributed by atoms with Crippen molar-refractivity contribution in [3.8, 4) is 0 Å². The molecule has 0 aromatic heterocycles. The van der Waals surface area contributed by atoms with E-state index in [0.29, 0.717) is 10.1 Å². The average Bonchev–Trinajstić information content (AvgIpc) is 3.18. The van der Waals surface area contributed by atoms with Gasteiger partial charge in [0.1, 0.15) is 0 Å². The van der Waals surface area contributed by atoms with E-state index in [-0.39, 0.29) is 5.91 Å². The molecule has 0 spiro atoms. The maximum atomic E-state index is 13.7. The summed E-state index contributed by atoms with van der Waals surface area (Å²) in [6.07, 6.45) is 13.3. The topological polar surface area (TPSA) is 20.3 Å². The van der Waals surface area contributed by atoms with E-state index in [1.165, 1.54) is 58.3 Å². The van der Waals surface area contributed by atoms with Gasteiger partial charge in [-0.25, -0.2) is 0 Å². The summed E-state index contributed by atoms with van der Waals surface area (Å²) in [5.41, 5.74) is 0.870. The summed E-state index contributed by atoms with van der Waals surface area (Å²) in [7, 11) is 0. The Morgan fingerprint density at radius 2 is 1.55 bits per heavy atom. The second-order valence-electron chi connectivity index (χ2n) is 9.02. The predicted octanol–water partition coefficient (Wildman–Crippen LogP) is 7.62. The van der Waals surface area contributed by atoms with Gasteiger partial charge in [0.15, 0.2) is 0 Å². The Kier molecular flexibility index (Phi) is 10.8. The van der Waals surface area contributed by atoms with Crippen LogP contribution in [0.4, 0.5) is 0 Å². The molecule has 1 aromatic rings. The van der Waals surface area contributed by atoms with Crippen molar-refractivity contribution in [3.05, 3.63) is 48.6 Å². The van der Waals surface area contributed by atoms with Crippen LogP contribution < -0.4 is 0 Å². The van der Waals surface area contributed by atoms with Crippen LogP contribution >= 0.6 is 0 Å². The number of carbonyl (C=O) groups is 1. The third kappa shape index (κ3) is 6.35. The average molecular weight is 504 g/mol. The van der Waals surface area contributed by atoms with Crippen molar-refractivity contribution in [1.29, 1.82) is 0 Å². The fourth-order valence-corrected chi connectivity index (χ4v) is 24.3. The number of nitrogens with zero attached hydrogens (tertiary/aromatic N) is 1. The first-order valence-corrected chi connectivity index (χ1v) is 19.8. The Labute approximate surface area is 184 Å². The van der Waals surface area contributed by atoms with Crippen LogP contribution in [-0.4, -0.2) is 39.3 Å². The quantitative estimate of drug-likeness (QED) is 0.200. The van der Waals surface area contributed by atoms with Gasteiger partial charge >= 0.3 is 184 Å². The van der Waals surface area contributed by atoms with E-state index in [9.17, 15) is 4.79 Å². The van der Waals surface area contributed by atoms with E-state index >= 15 is 0 Å². The van der Waals surface area contributed by atoms with Crippen LogP contribution in [0.2, 0.25) is 13.3 Å². The Balaban J connectivity index is 2.43. The summed E-state index contributed by atoms with van der Waals surface area (Å²) in [5, 5.41) is 0. The molecule has 2 atom stereocenters. The Hall–Kier alpha value is -0.771. The van der Waals surface area contributed by atoms with E-state index in [2.05, 4.69) is 32.3 Å². The van der Waals surface area contributed by atoms with Gasteiger partial charge in [-0.3, -0.25) is 0 Å². The zero-order valence-corrected chi connectivity index (χ0v) is 22.0. The summed E-state index contributed by atoms with van der Waals surface area (Å²) >= 11 is -2.53. The third-order valence-electron chi connectivity index (χ3n) is 6.99. The van der Waals surface area contributed by atoms with E-state index in [4.69, 9.17) is 0 Å². The van der Waals surface area contributed by atoms with Crippen molar-refractivity contribution < 1.29 is 4.79 Å². The minimum atomic E-state index is -2.53. The second-order valence-corrected chi connectivity index (χ2v) is 23.0. The van der Waals surface area contributed by atoms with Gasteiger partial charge in [-0.2, -0.15) is 0 Å². The molecule has 1 saturated heterocycles. The van der Waals surface area contributed by atoms with Gasteiger partial charge in [-0.15, -0.1) is 0 Å². The maximum absolute atomic E-state index is 13.7. The van der Waals surface area contributed by atoms with Gasteiger partial charge in [-0.1, -0.05) is 0 Å². The third-order valence-corrected chi connectivity index (χ3v) is 24.2. The molecule has 0 unspecified atom stereocenters. The molecule has 1 heterocycles. The van der Waals surface area contributed by atoms with Crippen LogP contribution in [0.25, 0.3) is 0 Å². The van der Waals surface area contributed by atoms with Gasteiger partial charge < -0.3 is 0 Å². The molecule has 2 nitrogen and oxygen atoms in total. The van der Waals surface area contributed by atoms with E-state index in [1.807, 2.05) is 36.4 Å². The SMILES string of the molecule is C=CC[C@@H]1CC[C@H]([Sn]([CH2]CCC)([CH2]CCC)[CH2]CCC)N1C(=O)c1ccccc1. The Morgan fingerprint density at radius 1 is 1.00 bits per heavy atom. The summed E-state index contributed by atoms with van der Waals surface area (Å²) in [5.74, 6) is 0.283. The molecule has 0 bridgehead atoms. The van der Waals surface area contributed by atoms with E-state index in [1.54, 1.807) is 0 Å². The zero-order chi connectivity index (χ0) is 21.1. The van der Waals surface area contributed by atoms with Crippen LogP contribution in [0, 0.1) is 0 Å². The first kappa shape index (κ1) is 24.5. The Morgan fingerprint density at radius 3 is 2.03 bits per heavy atom. The van der Waals surface area contributed by atoms with E-state index in [0.717, 1.165) is 18.4 Å². The summed E-state index contributed by atoms with van der Waals surface area (Å²) in [6, 6.07) is 10.4. The monoisotopic (exact) mass is 505 g/mol. The van der Waals surface area contributed by atoms with Gasteiger partial charge in [0.25, 0.3) is 0 Å². The molecule has 1 aromatic carbocycles. The van der Waals surface area contributed by atoms with E-state index < -0.39 is 18.4 Å². The molecule has 0 N–H and O–H groups in total. The minimum absolute atomic E-state index is 0.283. The van der Waals surface area contributed by atoms with Crippen LogP contribution in [-0.2, 0) is 0 Å². The number of carbonyl (C=O) groups excluding carboxylic acids is 1. The van der Waals surface area contributed by atoms with Crippen molar-refractivity contribution in [1.82, 2.24) is 4.90 Å². The fourth-order valence-electron chi connectivity index (χ4n) is 5.41. The first-order chi connectivity index (χ1) is 14.1. The molecule has 162 valence electrons. The van der Waals surface area contributed by atoms with Gasteiger partial charge in [-0.05, 0) is 0 Å². The molecule has 0 aliphatic carbocycles. The number of rotatable bonds is 13. The fraction of sp³-hybridized carbons (Fsp3) is 0.654. The molecule has 0 saturated carbocycles. The number of likely N-dealkylation sites (tertiary alicyclic amines) is 1. The number of unbranched alkanes of at least 4 members (excludes halogenated alkanes) is 3. The van der Waals surface area contributed by atoms with Gasteiger partial charge in [0.2, 0.25) is 0 Å². The second kappa shape index (κ2) is 12.8. The van der Waals surface area contributed by atoms with Gasteiger partial charge in [0, 0.05) is 0 Å². The predicted molar refractivity (Wildman–Crippen MR) is 129 cm³/mol. The van der Waals surface area contributed by atoms with Crippen molar-refractivity contribution >= 4 is 24.3 Å². The Bertz CT molecular complexity index is 593. The van der Waals surface area contributed by atoms with Crippen LogP contribution in [0.5, 0.6) is 0 Å². The number of benzene rings is 1. The normalized spacial score (nSPS) is 19.5. The summed E-state index contributed by atoms with van der Waals surface area (Å²) in [6.45, 7) is 11.0. The van der Waals surface area contributed by atoms with Crippen LogP contribution in [0.15, 0.2) is 43.0 Å². The zero-order valence-electron chi connectivity index (χ0n) is 19.2. The molecular weight excluding hydrogens is 461 g/mol. The molecular formula is C26H43NOSn. The van der Waals surface area contributed by atoms with Crippen molar-refractivity contribution in [2.75, 3.05) is 0 Å². The molecule has 1 fully saturated rings. The van der Waals surface area contributed by atoms with Crippen molar-refractivity contribution in [3.63, 3.8) is 0 Å². The molecule has 1 aliphatic heterocycles. The molecule has 2 rings (SSSR count).